The largest absolute Gasteiger partial charge is 0.449 e. The van der Waals surface area contributed by atoms with Gasteiger partial charge in [-0.1, -0.05) is 5.16 Å². The highest BCUT2D eigenvalue weighted by atomic mass is 32.2. The Kier molecular flexibility index (Phi) is 6.79. The van der Waals surface area contributed by atoms with E-state index in [0.717, 1.165) is 17.0 Å². The second-order valence-electron chi connectivity index (χ2n) is 6.16. The highest BCUT2D eigenvalue weighted by molar-refractivity contribution is 7.98. The quantitative estimate of drug-likeness (QED) is 0.585. The maximum atomic E-state index is 12.5. The molecule has 0 aliphatic heterocycles. The number of carbonyl (C=O) groups is 2. The molecule has 0 aromatic carbocycles. The first-order valence-electron chi connectivity index (χ1n) is 8.30. The first-order chi connectivity index (χ1) is 12.3. The number of nitrogens with zero attached hydrogens (tertiary/aromatic N) is 2. The smallest absolute Gasteiger partial charge is 0.341 e. The maximum Gasteiger partial charge on any atom is 0.341 e. The van der Waals surface area contributed by atoms with Crippen LogP contribution in [-0.2, 0) is 15.3 Å². The number of nitrogens with one attached hydrogen (secondary N) is 1. The van der Waals surface area contributed by atoms with Gasteiger partial charge in [-0.25, -0.2) is 9.78 Å². The highest BCUT2D eigenvalue weighted by Gasteiger charge is 2.22. The van der Waals surface area contributed by atoms with Gasteiger partial charge < -0.3 is 14.6 Å². The standard InChI is InChI=1S/C18H23N3O4S/c1-10(2)20-16(22)13(5)24-18(23)14-7-6-8-19-17(14)26-9-15-11(3)21-25-12(15)4/h6-8,10,13H,9H2,1-5H3,(H,20,22)/t13-/m0/s1. The van der Waals surface area contributed by atoms with Gasteiger partial charge >= 0.3 is 5.97 Å². The lowest BCUT2D eigenvalue weighted by Gasteiger charge is -2.16. The van der Waals surface area contributed by atoms with E-state index in [9.17, 15) is 9.59 Å². The third kappa shape index (κ3) is 5.08. The number of thioether (sulfide) groups is 1. The summed E-state index contributed by atoms with van der Waals surface area (Å²) in [6.07, 6.45) is 0.729. The van der Waals surface area contributed by atoms with Crippen LogP contribution in [0.1, 0.15) is 48.1 Å². The van der Waals surface area contributed by atoms with Gasteiger partial charge in [0, 0.05) is 23.6 Å². The molecule has 0 radical (unpaired) electrons. The molecule has 1 atom stereocenters. The molecule has 1 N–H and O–H groups in total. The molecule has 0 spiro atoms. The van der Waals surface area contributed by atoms with Gasteiger partial charge in [0.25, 0.3) is 5.91 Å². The van der Waals surface area contributed by atoms with Crippen LogP contribution >= 0.6 is 11.8 Å². The van der Waals surface area contributed by atoms with Gasteiger partial charge in [-0.05, 0) is 46.8 Å². The van der Waals surface area contributed by atoms with Crippen LogP contribution in [0.5, 0.6) is 0 Å². The lowest BCUT2D eigenvalue weighted by molar-refractivity contribution is -0.129. The van der Waals surface area contributed by atoms with E-state index in [1.54, 1.807) is 25.3 Å². The first kappa shape index (κ1) is 20.0. The van der Waals surface area contributed by atoms with Crippen molar-refractivity contribution in [2.75, 3.05) is 0 Å². The maximum absolute atomic E-state index is 12.5. The number of amides is 1. The minimum absolute atomic E-state index is 0.0248. The average Bonchev–Trinajstić information content (AvgIpc) is 2.90. The van der Waals surface area contributed by atoms with Crippen LogP contribution in [0.3, 0.4) is 0 Å². The number of pyridine rings is 1. The van der Waals surface area contributed by atoms with E-state index in [0.29, 0.717) is 16.3 Å². The highest BCUT2D eigenvalue weighted by Crippen LogP contribution is 2.27. The fourth-order valence-electron chi connectivity index (χ4n) is 2.19. The van der Waals surface area contributed by atoms with Crippen LogP contribution in [0, 0.1) is 13.8 Å². The summed E-state index contributed by atoms with van der Waals surface area (Å²) in [4.78, 5) is 28.7. The molecule has 140 valence electrons. The van der Waals surface area contributed by atoms with Crippen molar-refractivity contribution in [3.05, 3.63) is 40.9 Å². The fraction of sp³-hybridized carbons (Fsp3) is 0.444. The van der Waals surface area contributed by atoms with Crippen molar-refractivity contribution in [1.29, 1.82) is 0 Å². The summed E-state index contributed by atoms with van der Waals surface area (Å²) in [6.45, 7) is 8.95. The van der Waals surface area contributed by atoms with Crippen LogP contribution in [0.2, 0.25) is 0 Å². The zero-order chi connectivity index (χ0) is 19.3. The number of esters is 1. The monoisotopic (exact) mass is 377 g/mol. The van der Waals surface area contributed by atoms with Crippen molar-refractivity contribution in [1.82, 2.24) is 15.5 Å². The van der Waals surface area contributed by atoms with E-state index < -0.39 is 12.1 Å². The van der Waals surface area contributed by atoms with Crippen molar-refractivity contribution < 1.29 is 18.8 Å². The van der Waals surface area contributed by atoms with Gasteiger partial charge in [-0.3, -0.25) is 4.79 Å². The summed E-state index contributed by atoms with van der Waals surface area (Å²) in [5.41, 5.74) is 2.12. The summed E-state index contributed by atoms with van der Waals surface area (Å²) in [6, 6.07) is 3.27. The molecule has 7 nitrogen and oxygen atoms in total. The van der Waals surface area contributed by atoms with Gasteiger partial charge in [0.15, 0.2) is 6.10 Å². The Morgan fingerprint density at radius 3 is 2.65 bits per heavy atom. The summed E-state index contributed by atoms with van der Waals surface area (Å²) in [5.74, 6) is 0.406. The third-order valence-electron chi connectivity index (χ3n) is 3.61. The molecule has 26 heavy (non-hydrogen) atoms. The zero-order valence-electron chi connectivity index (χ0n) is 15.5. The number of hydrogen-bond acceptors (Lipinski definition) is 7. The van der Waals surface area contributed by atoms with Crippen molar-refractivity contribution in [3.8, 4) is 0 Å². The van der Waals surface area contributed by atoms with E-state index in [1.165, 1.54) is 11.8 Å². The number of ether oxygens (including phenoxy) is 1. The molecular weight excluding hydrogens is 354 g/mol. The van der Waals surface area contributed by atoms with Crippen molar-refractivity contribution in [2.24, 2.45) is 0 Å². The molecule has 0 unspecified atom stereocenters. The first-order valence-corrected chi connectivity index (χ1v) is 9.29. The normalized spacial score (nSPS) is 12.1. The Bertz CT molecular complexity index is 769. The molecule has 2 aromatic rings. The molecule has 2 aromatic heterocycles. The summed E-state index contributed by atoms with van der Waals surface area (Å²) < 4.78 is 10.4. The number of rotatable bonds is 7. The lowest BCUT2D eigenvalue weighted by Crippen LogP contribution is -2.39. The molecule has 0 bridgehead atoms. The Labute approximate surface area is 156 Å². The van der Waals surface area contributed by atoms with Crippen LogP contribution in [0.25, 0.3) is 0 Å². The van der Waals surface area contributed by atoms with Gasteiger partial charge in [0.05, 0.1) is 11.3 Å². The number of aryl methyl sites for hydroxylation is 2. The lowest BCUT2D eigenvalue weighted by atomic mass is 10.2. The van der Waals surface area contributed by atoms with Gasteiger partial charge in [0.2, 0.25) is 0 Å². The molecule has 0 fully saturated rings. The fourth-order valence-corrected chi connectivity index (χ4v) is 3.32. The van der Waals surface area contributed by atoms with E-state index in [1.807, 2.05) is 27.7 Å². The van der Waals surface area contributed by atoms with Gasteiger partial charge in [0.1, 0.15) is 10.8 Å². The van der Waals surface area contributed by atoms with Gasteiger partial charge in [-0.2, -0.15) is 0 Å². The van der Waals surface area contributed by atoms with E-state index in [2.05, 4.69) is 15.5 Å². The second kappa shape index (κ2) is 8.84. The number of aromatic nitrogens is 2. The Hall–Kier alpha value is -2.35. The molecule has 0 saturated carbocycles. The molecule has 2 heterocycles. The molecule has 0 aliphatic carbocycles. The average molecular weight is 377 g/mol. The van der Waals surface area contributed by atoms with E-state index in [4.69, 9.17) is 9.26 Å². The molecule has 8 heteroatoms. The zero-order valence-corrected chi connectivity index (χ0v) is 16.3. The Morgan fingerprint density at radius 1 is 1.31 bits per heavy atom. The van der Waals surface area contributed by atoms with E-state index in [-0.39, 0.29) is 11.9 Å². The minimum Gasteiger partial charge on any atom is -0.449 e. The van der Waals surface area contributed by atoms with Crippen LogP contribution in [0.15, 0.2) is 27.9 Å². The molecular formula is C18H23N3O4S. The van der Waals surface area contributed by atoms with E-state index >= 15 is 0 Å². The Morgan fingerprint density at radius 2 is 2.04 bits per heavy atom. The SMILES string of the molecule is Cc1noc(C)c1CSc1ncccc1C(=O)O[C@@H](C)C(=O)NC(C)C. The summed E-state index contributed by atoms with van der Waals surface area (Å²) in [5, 5.41) is 7.18. The molecule has 1 amide bonds. The minimum atomic E-state index is -0.884. The molecule has 0 saturated heterocycles. The molecule has 0 aliphatic rings. The predicted molar refractivity (Wildman–Crippen MR) is 97.9 cm³/mol. The summed E-state index contributed by atoms with van der Waals surface area (Å²) >= 11 is 1.40. The second-order valence-corrected chi connectivity index (χ2v) is 7.12. The Balaban J connectivity index is 2.08. The molecule has 2 rings (SSSR count). The number of hydrogen-bond donors (Lipinski definition) is 1. The van der Waals surface area contributed by atoms with Crippen molar-refractivity contribution >= 4 is 23.6 Å². The van der Waals surface area contributed by atoms with Crippen LogP contribution < -0.4 is 5.32 Å². The van der Waals surface area contributed by atoms with Gasteiger partial charge in [-0.15, -0.1) is 11.8 Å². The van der Waals surface area contributed by atoms with Crippen LogP contribution in [-0.4, -0.2) is 34.2 Å². The topological polar surface area (TPSA) is 94.3 Å². The number of carbonyl (C=O) groups excluding carboxylic acids is 2. The predicted octanol–water partition coefficient (Wildman–Crippen LogP) is 3.05. The third-order valence-corrected chi connectivity index (χ3v) is 4.64. The van der Waals surface area contributed by atoms with Crippen LogP contribution in [0.4, 0.5) is 0 Å². The summed E-state index contributed by atoms with van der Waals surface area (Å²) in [7, 11) is 0. The van der Waals surface area contributed by atoms with Crippen molar-refractivity contribution in [3.63, 3.8) is 0 Å². The van der Waals surface area contributed by atoms with Crippen molar-refractivity contribution in [2.45, 2.75) is 57.5 Å².